The number of Topliss-reactive ketones (excluding diaryl/α,β-unsaturated/α-hetero) is 2. The Morgan fingerprint density at radius 3 is 2.40 bits per heavy atom. The number of allylic oxidation sites excluding steroid dienone is 4. The smallest absolute Gasteiger partial charge is 0.331 e. The number of carbonyl (C=O) groups is 3. The van der Waals surface area contributed by atoms with E-state index in [1.54, 1.807) is 0 Å². The third kappa shape index (κ3) is 4.45. The van der Waals surface area contributed by atoms with Crippen LogP contribution < -0.4 is 11.5 Å². The van der Waals surface area contributed by atoms with E-state index in [4.69, 9.17) is 16.5 Å². The van der Waals surface area contributed by atoms with Gasteiger partial charge in [-0.2, -0.15) is 0 Å². The summed E-state index contributed by atoms with van der Waals surface area (Å²) in [5.41, 5.74) is 4.34. The van der Waals surface area contributed by atoms with Gasteiger partial charge in [-0.15, -0.1) is 11.8 Å². The van der Waals surface area contributed by atoms with E-state index in [0.717, 1.165) is 41.5 Å². The molecule has 13 aliphatic carbocycles. The predicted octanol–water partition coefficient (Wildman–Crippen LogP) is 7.20. The largest absolute Gasteiger partial charge is 0.478 e. The standard InChI is InChI=1S/C61H67N3O8/c1-32(50(67)68)39-20-25-55(64-51(62)63)26-27-56-46(34-13-7-8-14-34)61(55,72)60(39,71)40-19-18-36-29-38-30-57(69)44(37-17-16-33-12-6-9-15-35(33)28-37)48-52(2)22-10-5-11-23-58(59(38,70)47(56)43(36)40)49(57)45(41(65)31-54(56,58)4)53(48,3)24-21-42(52)66/h6,9,12,15,19,26-28,30,34,44,46-48,69-72H,7-8,11,13-14,16-18,20-25,29,31H2,1-4H3,(H,67,68)(H4,62,63,64). The molecule has 11 nitrogen and oxygen atoms in total. The molecule has 1 aromatic rings. The lowest BCUT2D eigenvalue weighted by Gasteiger charge is -2.72. The average Bonchev–Trinajstić information content (AvgIpc) is 4.03. The molecular formula is C61H67N3O8. The van der Waals surface area contributed by atoms with Gasteiger partial charge in [-0.3, -0.25) is 9.59 Å². The predicted molar refractivity (Wildman–Crippen MR) is 270 cm³/mol. The molecule has 13 aliphatic rings. The number of hydrogen-bond acceptors (Lipinski definition) is 8. The van der Waals surface area contributed by atoms with Gasteiger partial charge >= 0.3 is 5.97 Å². The highest BCUT2D eigenvalue weighted by molar-refractivity contribution is 6.03. The summed E-state index contributed by atoms with van der Waals surface area (Å²) in [6, 6.07) is 8.37. The number of hydrogen-bond donors (Lipinski definition) is 7. The second-order valence-electron chi connectivity index (χ2n) is 25.6. The van der Waals surface area contributed by atoms with Crippen LogP contribution in [0.5, 0.6) is 0 Å². The number of guanidine groups is 1. The van der Waals surface area contributed by atoms with E-state index < -0.39 is 84.7 Å². The fourth-order valence-corrected chi connectivity index (χ4v) is 21.3. The molecule has 11 heteroatoms. The highest BCUT2D eigenvalue weighted by Crippen LogP contribution is 2.91. The molecule has 0 aliphatic heterocycles. The molecule has 72 heavy (non-hydrogen) atoms. The summed E-state index contributed by atoms with van der Waals surface area (Å²) in [5, 5.41) is 71.3. The summed E-state index contributed by atoms with van der Waals surface area (Å²) in [7, 11) is 0. The van der Waals surface area contributed by atoms with Gasteiger partial charge in [0, 0.05) is 76.2 Å². The normalized spacial score (nSPS) is 48.1. The Kier molecular flexibility index (Phi) is 8.58. The lowest BCUT2D eigenvalue weighted by molar-refractivity contribution is -0.241. The van der Waals surface area contributed by atoms with Gasteiger partial charge in [0.15, 0.2) is 11.7 Å². The number of carbonyl (C=O) groups excluding carboxylic acids is 2. The third-order valence-corrected chi connectivity index (χ3v) is 23.4. The molecule has 14 rings (SSSR count). The Morgan fingerprint density at radius 2 is 1.65 bits per heavy atom. The number of rotatable bonds is 4. The van der Waals surface area contributed by atoms with Crippen molar-refractivity contribution in [3.63, 3.8) is 0 Å². The molecule has 5 fully saturated rings. The Balaban J connectivity index is 1.18. The number of ketones is 2. The molecule has 0 saturated heterocycles. The highest BCUT2D eigenvalue weighted by Gasteiger charge is 2.93. The monoisotopic (exact) mass is 969 g/mol. The minimum Gasteiger partial charge on any atom is -0.478 e. The maximum absolute atomic E-state index is 16.7. The first-order chi connectivity index (χ1) is 34.1. The number of aliphatic imine (C=N–C) groups is 1. The van der Waals surface area contributed by atoms with E-state index in [0.29, 0.717) is 60.8 Å². The number of aliphatic carboxylic acids is 1. The minimum atomic E-state index is -2.34. The van der Waals surface area contributed by atoms with E-state index in [1.807, 2.05) is 31.2 Å². The fraction of sp³-hybridized carbons (Fsp3) is 0.574. The summed E-state index contributed by atoms with van der Waals surface area (Å²) >= 11 is 0. The first kappa shape index (κ1) is 45.5. The summed E-state index contributed by atoms with van der Waals surface area (Å²) in [4.78, 5) is 50.0. The molecule has 0 radical (unpaired) electrons. The zero-order valence-corrected chi connectivity index (χ0v) is 42.0. The Hall–Kier alpha value is -5.12. The van der Waals surface area contributed by atoms with E-state index in [9.17, 15) is 19.8 Å². The van der Waals surface area contributed by atoms with Crippen molar-refractivity contribution >= 4 is 29.6 Å². The van der Waals surface area contributed by atoms with E-state index >= 15 is 20.1 Å². The lowest BCUT2D eigenvalue weighted by atomic mass is 9.32. The number of nitrogens with zero attached hydrogens (tertiary/aromatic N) is 1. The average molecular weight is 970 g/mol. The van der Waals surface area contributed by atoms with Crippen LogP contribution in [0, 0.1) is 68.5 Å². The van der Waals surface area contributed by atoms with Gasteiger partial charge in [0.1, 0.15) is 33.7 Å². The van der Waals surface area contributed by atoms with E-state index in [1.165, 1.54) is 12.5 Å². The van der Waals surface area contributed by atoms with Crippen molar-refractivity contribution in [1.82, 2.24) is 0 Å². The highest BCUT2D eigenvalue weighted by atomic mass is 16.4. The summed E-state index contributed by atoms with van der Waals surface area (Å²) < 4.78 is 0. The molecule has 5 saturated carbocycles. The third-order valence-electron chi connectivity index (χ3n) is 23.4. The molecule has 2 spiro atoms. The molecule has 9 N–H and O–H groups in total. The molecule has 6 bridgehead atoms. The Bertz CT molecular complexity index is 3180. The van der Waals surface area contributed by atoms with Crippen molar-refractivity contribution in [1.29, 1.82) is 0 Å². The Morgan fingerprint density at radius 1 is 0.889 bits per heavy atom. The van der Waals surface area contributed by atoms with Gasteiger partial charge in [0.05, 0.1) is 0 Å². The van der Waals surface area contributed by atoms with E-state index in [-0.39, 0.29) is 79.5 Å². The molecule has 0 aromatic heterocycles. The summed E-state index contributed by atoms with van der Waals surface area (Å²) in [5.74, 6) is 2.34. The van der Waals surface area contributed by atoms with Gasteiger partial charge in [0.2, 0.25) is 0 Å². The van der Waals surface area contributed by atoms with Gasteiger partial charge < -0.3 is 37.0 Å². The summed E-state index contributed by atoms with van der Waals surface area (Å²) in [6.45, 7) is 7.88. The first-order valence-corrected chi connectivity index (χ1v) is 27.0. The number of carboxylic acid groups (broad SMARTS) is 1. The quantitative estimate of drug-likeness (QED) is 0.0530. The van der Waals surface area contributed by atoms with Crippen molar-refractivity contribution < 1.29 is 39.9 Å². The zero-order chi connectivity index (χ0) is 50.3. The molecule has 374 valence electrons. The van der Waals surface area contributed by atoms with Crippen molar-refractivity contribution in [2.45, 2.75) is 158 Å². The van der Waals surface area contributed by atoms with Gasteiger partial charge in [-0.05, 0) is 121 Å². The van der Waals surface area contributed by atoms with Crippen molar-refractivity contribution in [3.8, 4) is 11.8 Å². The molecular weight excluding hydrogens is 903 g/mol. The van der Waals surface area contributed by atoms with Crippen LogP contribution in [-0.2, 0) is 20.8 Å². The Labute approximate surface area is 421 Å². The van der Waals surface area contributed by atoms with Crippen LogP contribution in [0.15, 0.2) is 104 Å². The lowest BCUT2D eigenvalue weighted by Crippen LogP contribution is -2.79. The van der Waals surface area contributed by atoms with Crippen LogP contribution in [0.3, 0.4) is 0 Å². The van der Waals surface area contributed by atoms with E-state index in [2.05, 4.69) is 56.0 Å². The SMILES string of the molecule is CC(C(=O)O)=C1CCC2(N=C(N)N)C=CC34C5C6=C(CC=C6C1(O)C2(O)C3C1CCCC1)CC1=CC2(O)C3=C6C(=O)CC4(C)C3(CCC#CCC3(C)C(=O)CCC6(C)C3C2C2=Cc3ccccc3CC2)C15O. The fourth-order valence-electron chi connectivity index (χ4n) is 21.3. The second kappa shape index (κ2) is 13.6. The molecule has 1 aromatic carbocycles. The number of nitrogens with two attached hydrogens (primary N) is 2. The molecule has 14 unspecified atom stereocenters. The van der Waals surface area contributed by atoms with Crippen LogP contribution in [0.25, 0.3) is 6.08 Å². The summed E-state index contributed by atoms with van der Waals surface area (Å²) in [6.07, 6.45) is 17.0. The van der Waals surface area contributed by atoms with Crippen LogP contribution >= 0.6 is 0 Å². The van der Waals surface area contributed by atoms with Gasteiger partial charge in [-0.25, -0.2) is 9.79 Å². The second-order valence-corrected chi connectivity index (χ2v) is 25.6. The van der Waals surface area contributed by atoms with Crippen molar-refractivity contribution in [3.05, 3.63) is 110 Å². The van der Waals surface area contributed by atoms with Crippen LogP contribution in [0.2, 0.25) is 0 Å². The topological polar surface area (TPSA) is 217 Å². The maximum Gasteiger partial charge on any atom is 0.331 e. The molecule has 0 amide bonds. The molecule has 0 heterocycles. The van der Waals surface area contributed by atoms with Gasteiger partial charge in [-0.1, -0.05) is 106 Å². The van der Waals surface area contributed by atoms with Crippen LogP contribution in [0.4, 0.5) is 0 Å². The van der Waals surface area contributed by atoms with Crippen LogP contribution in [-0.4, -0.2) is 77.0 Å². The number of aliphatic hydroxyl groups is 4. The van der Waals surface area contributed by atoms with Crippen LogP contribution in [0.1, 0.15) is 135 Å². The minimum absolute atomic E-state index is 0.0367. The number of fused-ring (bicyclic) bond motifs is 3. The first-order valence-electron chi connectivity index (χ1n) is 27.0. The van der Waals surface area contributed by atoms with Crippen molar-refractivity contribution in [2.24, 2.45) is 73.1 Å². The van der Waals surface area contributed by atoms with Gasteiger partial charge in [0.25, 0.3) is 0 Å². The number of benzene rings is 1. The molecule has 14 atom stereocenters. The zero-order valence-electron chi connectivity index (χ0n) is 42.0. The number of aryl methyl sites for hydroxylation is 1. The number of carboxylic acids is 1. The van der Waals surface area contributed by atoms with Crippen molar-refractivity contribution in [2.75, 3.05) is 0 Å². The maximum atomic E-state index is 16.7.